The summed E-state index contributed by atoms with van der Waals surface area (Å²) in [4.78, 5) is 0. The lowest BCUT2D eigenvalue weighted by atomic mass is 9.79. The Morgan fingerprint density at radius 2 is 2.14 bits per heavy atom. The first-order valence-electron chi connectivity index (χ1n) is 4.07. The maximum Gasteiger partial charge on any atom is 0.490 e. The van der Waals surface area contributed by atoms with Crippen LogP contribution in [0, 0.1) is 5.82 Å². The molecule has 0 radical (unpaired) electrons. The molecule has 14 heavy (non-hydrogen) atoms. The first-order chi connectivity index (χ1) is 6.58. The van der Waals surface area contributed by atoms with Gasteiger partial charge >= 0.3 is 7.12 Å². The highest BCUT2D eigenvalue weighted by Gasteiger charge is 2.18. The van der Waals surface area contributed by atoms with Gasteiger partial charge in [-0.2, -0.15) is 5.10 Å². The molecule has 0 fully saturated rings. The van der Waals surface area contributed by atoms with E-state index in [1.807, 2.05) is 0 Å². The third-order valence-electron chi connectivity index (χ3n) is 2.00. The standard InChI is InChI=1S/C8H8BFN2O2/c1-12-4-5-2-6(10)3-7(9(13)14)8(5)11-12/h2-4,13-14H,1H3. The predicted octanol–water partition coefficient (Wildman–Crippen LogP) is -0.608. The fourth-order valence-electron chi connectivity index (χ4n) is 1.44. The van der Waals surface area contributed by atoms with Crippen LogP contribution in [0.3, 0.4) is 0 Å². The van der Waals surface area contributed by atoms with Gasteiger partial charge in [0.05, 0.1) is 5.52 Å². The number of hydrogen-bond donors (Lipinski definition) is 2. The fraction of sp³-hybridized carbons (Fsp3) is 0.125. The van der Waals surface area contributed by atoms with Gasteiger partial charge in [0, 0.05) is 24.1 Å². The average molecular weight is 194 g/mol. The van der Waals surface area contributed by atoms with Gasteiger partial charge in [0.25, 0.3) is 0 Å². The predicted molar refractivity (Wildman–Crippen MR) is 50.5 cm³/mol. The van der Waals surface area contributed by atoms with E-state index < -0.39 is 12.9 Å². The Hall–Kier alpha value is -1.40. The molecular weight excluding hydrogens is 186 g/mol. The summed E-state index contributed by atoms with van der Waals surface area (Å²) in [7, 11) is -0.0195. The first kappa shape index (κ1) is 9.17. The van der Waals surface area contributed by atoms with Crippen molar-refractivity contribution in [1.82, 2.24) is 9.78 Å². The summed E-state index contributed by atoms with van der Waals surface area (Å²) in [5, 5.41) is 22.5. The molecule has 2 N–H and O–H groups in total. The van der Waals surface area contributed by atoms with Crippen molar-refractivity contribution in [3.8, 4) is 0 Å². The Morgan fingerprint density at radius 1 is 1.43 bits per heavy atom. The van der Waals surface area contributed by atoms with Gasteiger partial charge < -0.3 is 10.0 Å². The molecule has 0 unspecified atom stereocenters. The van der Waals surface area contributed by atoms with Gasteiger partial charge in [-0.1, -0.05) is 0 Å². The Balaban J connectivity index is 2.79. The lowest BCUT2D eigenvalue weighted by molar-refractivity contribution is 0.426. The minimum absolute atomic E-state index is 0.0839. The summed E-state index contributed by atoms with van der Waals surface area (Å²) in [6, 6.07) is 2.37. The summed E-state index contributed by atoms with van der Waals surface area (Å²) in [5.74, 6) is -0.506. The van der Waals surface area contributed by atoms with Crippen molar-refractivity contribution in [3.05, 3.63) is 24.1 Å². The second-order valence-electron chi connectivity index (χ2n) is 3.11. The smallest absolute Gasteiger partial charge is 0.423 e. The van der Waals surface area contributed by atoms with Gasteiger partial charge in [0.2, 0.25) is 0 Å². The van der Waals surface area contributed by atoms with Crippen molar-refractivity contribution < 1.29 is 14.4 Å². The molecule has 1 aromatic carbocycles. The monoisotopic (exact) mass is 194 g/mol. The van der Waals surface area contributed by atoms with Gasteiger partial charge in [-0.15, -0.1) is 0 Å². The van der Waals surface area contributed by atoms with E-state index in [4.69, 9.17) is 10.0 Å². The van der Waals surface area contributed by atoms with E-state index >= 15 is 0 Å². The van der Waals surface area contributed by atoms with Crippen molar-refractivity contribution in [1.29, 1.82) is 0 Å². The molecular formula is C8H8BFN2O2. The van der Waals surface area contributed by atoms with Crippen molar-refractivity contribution in [2.45, 2.75) is 0 Å². The van der Waals surface area contributed by atoms with E-state index in [0.717, 1.165) is 6.07 Å². The van der Waals surface area contributed by atoms with Gasteiger partial charge in [-0.3, -0.25) is 4.68 Å². The molecule has 0 bridgehead atoms. The lowest BCUT2D eigenvalue weighted by Crippen LogP contribution is -2.31. The first-order valence-corrected chi connectivity index (χ1v) is 4.07. The molecule has 0 aliphatic heterocycles. The third-order valence-corrected chi connectivity index (χ3v) is 2.00. The zero-order chi connectivity index (χ0) is 10.3. The van der Waals surface area contributed by atoms with E-state index in [1.165, 1.54) is 10.7 Å². The quantitative estimate of drug-likeness (QED) is 0.595. The molecule has 72 valence electrons. The average Bonchev–Trinajstić information content (AvgIpc) is 2.42. The second kappa shape index (κ2) is 3.07. The minimum atomic E-state index is -1.71. The normalized spacial score (nSPS) is 10.9. The highest BCUT2D eigenvalue weighted by Crippen LogP contribution is 2.11. The van der Waals surface area contributed by atoms with Crippen LogP contribution in [-0.4, -0.2) is 26.9 Å². The van der Waals surface area contributed by atoms with Crippen molar-refractivity contribution in [2.24, 2.45) is 7.05 Å². The number of fused-ring (bicyclic) bond motifs is 1. The largest absolute Gasteiger partial charge is 0.490 e. The lowest BCUT2D eigenvalue weighted by Gasteiger charge is -1.99. The fourth-order valence-corrected chi connectivity index (χ4v) is 1.44. The highest BCUT2D eigenvalue weighted by atomic mass is 19.1. The van der Waals surface area contributed by atoms with Crippen LogP contribution in [0.25, 0.3) is 10.9 Å². The van der Waals surface area contributed by atoms with Gasteiger partial charge in [0.15, 0.2) is 0 Å². The molecule has 4 nitrogen and oxygen atoms in total. The molecule has 1 heterocycles. The zero-order valence-electron chi connectivity index (χ0n) is 7.48. The van der Waals surface area contributed by atoms with E-state index in [0.29, 0.717) is 10.9 Å². The van der Waals surface area contributed by atoms with Crippen LogP contribution in [0.4, 0.5) is 4.39 Å². The molecule has 0 atom stereocenters. The maximum atomic E-state index is 13.0. The molecule has 0 aliphatic rings. The number of halogens is 1. The number of rotatable bonds is 1. The van der Waals surface area contributed by atoms with Crippen molar-refractivity contribution in [3.63, 3.8) is 0 Å². The molecule has 0 spiro atoms. The van der Waals surface area contributed by atoms with Crippen LogP contribution in [0.5, 0.6) is 0 Å². The summed E-state index contributed by atoms with van der Waals surface area (Å²) in [5.41, 5.74) is 0.490. The minimum Gasteiger partial charge on any atom is -0.423 e. The summed E-state index contributed by atoms with van der Waals surface area (Å²) in [6.07, 6.45) is 1.62. The van der Waals surface area contributed by atoms with Crippen LogP contribution < -0.4 is 5.46 Å². The van der Waals surface area contributed by atoms with E-state index in [2.05, 4.69) is 5.10 Å². The zero-order valence-corrected chi connectivity index (χ0v) is 7.48. The topological polar surface area (TPSA) is 58.3 Å². The van der Waals surface area contributed by atoms with Crippen LogP contribution in [0.15, 0.2) is 18.3 Å². The number of hydrogen-bond acceptors (Lipinski definition) is 3. The number of benzene rings is 1. The third kappa shape index (κ3) is 1.38. The number of aryl methyl sites for hydroxylation is 1. The molecule has 1 aromatic heterocycles. The summed E-state index contributed by atoms with van der Waals surface area (Å²) >= 11 is 0. The number of aromatic nitrogens is 2. The van der Waals surface area contributed by atoms with Crippen molar-refractivity contribution in [2.75, 3.05) is 0 Å². The maximum absolute atomic E-state index is 13.0. The molecule has 0 saturated heterocycles. The summed E-state index contributed by atoms with van der Waals surface area (Å²) < 4.78 is 14.5. The molecule has 6 heteroatoms. The van der Waals surface area contributed by atoms with Gasteiger partial charge in [-0.05, 0) is 12.1 Å². The number of nitrogens with zero attached hydrogens (tertiary/aromatic N) is 2. The Labute approximate surface area is 79.7 Å². The van der Waals surface area contributed by atoms with Crippen LogP contribution in [0.1, 0.15) is 0 Å². The Bertz CT molecular complexity index is 483. The van der Waals surface area contributed by atoms with Crippen LogP contribution >= 0.6 is 0 Å². The van der Waals surface area contributed by atoms with Gasteiger partial charge in [-0.25, -0.2) is 4.39 Å². The highest BCUT2D eigenvalue weighted by molar-refractivity contribution is 6.61. The Morgan fingerprint density at radius 3 is 2.79 bits per heavy atom. The van der Waals surface area contributed by atoms with Gasteiger partial charge in [0.1, 0.15) is 5.82 Å². The second-order valence-corrected chi connectivity index (χ2v) is 3.11. The van der Waals surface area contributed by atoms with E-state index in [9.17, 15) is 4.39 Å². The molecule has 2 rings (SSSR count). The molecule has 2 aromatic rings. The Kier molecular flexibility index (Phi) is 2.01. The van der Waals surface area contributed by atoms with Crippen molar-refractivity contribution >= 4 is 23.5 Å². The summed E-state index contributed by atoms with van der Waals surface area (Å²) in [6.45, 7) is 0. The van der Waals surface area contributed by atoms with E-state index in [1.54, 1.807) is 13.2 Å². The molecule has 0 aliphatic carbocycles. The van der Waals surface area contributed by atoms with Crippen LogP contribution in [0.2, 0.25) is 0 Å². The molecule has 0 saturated carbocycles. The molecule has 0 amide bonds. The van der Waals surface area contributed by atoms with E-state index in [-0.39, 0.29) is 5.46 Å². The SMILES string of the molecule is Cn1cc2cc(F)cc(B(O)O)c2n1. The van der Waals surface area contributed by atoms with Crippen LogP contribution in [-0.2, 0) is 7.05 Å².